The van der Waals surface area contributed by atoms with Crippen LogP contribution in [0.15, 0.2) is 34.1 Å². The van der Waals surface area contributed by atoms with Crippen LogP contribution in [0.4, 0.5) is 0 Å². The van der Waals surface area contributed by atoms with E-state index in [0.717, 1.165) is 23.1 Å². The Morgan fingerprint density at radius 1 is 1.19 bits per heavy atom. The first kappa shape index (κ1) is 16.8. The van der Waals surface area contributed by atoms with E-state index in [1.807, 2.05) is 12.1 Å². The van der Waals surface area contributed by atoms with E-state index >= 15 is 0 Å². The van der Waals surface area contributed by atoms with Gasteiger partial charge < -0.3 is 5.32 Å². The molecule has 0 aliphatic heterocycles. The van der Waals surface area contributed by atoms with Gasteiger partial charge in [-0.1, -0.05) is 19.8 Å². The zero-order chi connectivity index (χ0) is 15.3. The van der Waals surface area contributed by atoms with Crippen LogP contribution in [0, 0.1) is 5.92 Å². The van der Waals surface area contributed by atoms with Gasteiger partial charge >= 0.3 is 0 Å². The van der Waals surface area contributed by atoms with Gasteiger partial charge in [-0.3, -0.25) is 0 Å². The second-order valence-corrected chi connectivity index (χ2v) is 9.10. The van der Waals surface area contributed by atoms with E-state index in [-0.39, 0.29) is 0 Å². The molecule has 0 spiro atoms. The lowest BCUT2D eigenvalue weighted by Gasteiger charge is -2.29. The Bertz CT molecular complexity index is 540. The lowest BCUT2D eigenvalue weighted by molar-refractivity contribution is 0.285. The maximum absolute atomic E-state index is 11.4. The highest BCUT2D eigenvalue weighted by atomic mass is 32.2. The van der Waals surface area contributed by atoms with E-state index in [9.17, 15) is 8.42 Å². The average Bonchev–Trinajstić information content (AvgIpc) is 2.45. The first-order valence-corrected chi connectivity index (χ1v) is 10.5. The van der Waals surface area contributed by atoms with E-state index in [1.54, 1.807) is 23.9 Å². The highest BCUT2D eigenvalue weighted by Crippen LogP contribution is 2.24. The Kier molecular flexibility index (Phi) is 6.14. The summed E-state index contributed by atoms with van der Waals surface area (Å²) in [6.07, 6.45) is 6.61. The lowest BCUT2D eigenvalue weighted by Crippen LogP contribution is -2.38. The van der Waals surface area contributed by atoms with Gasteiger partial charge in [0.05, 0.1) is 4.90 Å². The third kappa shape index (κ3) is 5.31. The summed E-state index contributed by atoms with van der Waals surface area (Å²) in [5.74, 6) is 1.80. The third-order valence-corrected chi connectivity index (χ3v) is 6.28. The standard InChI is InChI=1S/C16H25NO2S2/c1-13-5-3-4-6-16(13)17-11-12-20-14-7-9-15(10-8-14)21(2,18)19/h7-10,13,16-17H,3-6,11-12H2,1-2H3. The zero-order valence-electron chi connectivity index (χ0n) is 12.8. The third-order valence-electron chi connectivity index (χ3n) is 4.14. The first-order valence-electron chi connectivity index (χ1n) is 7.63. The molecule has 0 bridgehead atoms. The molecule has 0 radical (unpaired) electrons. The topological polar surface area (TPSA) is 46.2 Å². The fourth-order valence-corrected chi connectivity index (χ4v) is 4.23. The largest absolute Gasteiger partial charge is 0.313 e. The van der Waals surface area contributed by atoms with E-state index in [1.165, 1.54) is 31.9 Å². The maximum Gasteiger partial charge on any atom is 0.175 e. The van der Waals surface area contributed by atoms with Crippen molar-refractivity contribution in [3.63, 3.8) is 0 Å². The number of nitrogens with one attached hydrogen (secondary N) is 1. The van der Waals surface area contributed by atoms with Gasteiger partial charge in [-0.25, -0.2) is 8.42 Å². The van der Waals surface area contributed by atoms with Gasteiger partial charge in [0.15, 0.2) is 9.84 Å². The summed E-state index contributed by atoms with van der Waals surface area (Å²) >= 11 is 1.77. The molecule has 0 aromatic heterocycles. The monoisotopic (exact) mass is 327 g/mol. The van der Waals surface area contributed by atoms with E-state index in [4.69, 9.17) is 0 Å². The molecule has 1 aliphatic rings. The van der Waals surface area contributed by atoms with Gasteiger partial charge in [0, 0.05) is 29.5 Å². The summed E-state index contributed by atoms with van der Waals surface area (Å²) in [6, 6.07) is 7.84. The summed E-state index contributed by atoms with van der Waals surface area (Å²) in [5.41, 5.74) is 0. The summed E-state index contributed by atoms with van der Waals surface area (Å²) < 4.78 is 22.8. The second-order valence-electron chi connectivity index (χ2n) is 5.91. The number of thioether (sulfide) groups is 1. The Hall–Kier alpha value is -0.520. The van der Waals surface area contributed by atoms with Gasteiger partial charge in [0.2, 0.25) is 0 Å². The minimum atomic E-state index is -3.09. The van der Waals surface area contributed by atoms with Crippen molar-refractivity contribution >= 4 is 21.6 Å². The summed E-state index contributed by atoms with van der Waals surface area (Å²) in [6.45, 7) is 3.35. The van der Waals surface area contributed by atoms with Crippen molar-refractivity contribution < 1.29 is 8.42 Å². The number of sulfone groups is 1. The van der Waals surface area contributed by atoms with Gasteiger partial charge in [-0.05, 0) is 43.0 Å². The molecule has 2 rings (SSSR count). The van der Waals surface area contributed by atoms with Crippen LogP contribution in [0.25, 0.3) is 0 Å². The van der Waals surface area contributed by atoms with Gasteiger partial charge in [0.1, 0.15) is 0 Å². The van der Waals surface area contributed by atoms with Crippen LogP contribution in [0.1, 0.15) is 32.6 Å². The van der Waals surface area contributed by atoms with Gasteiger partial charge in [0.25, 0.3) is 0 Å². The first-order chi connectivity index (χ1) is 9.97. The van der Waals surface area contributed by atoms with Crippen molar-refractivity contribution in [1.29, 1.82) is 0 Å². The molecule has 2 atom stereocenters. The van der Waals surface area contributed by atoms with Crippen molar-refractivity contribution in [1.82, 2.24) is 5.32 Å². The maximum atomic E-state index is 11.4. The number of hydrogen-bond donors (Lipinski definition) is 1. The SMILES string of the molecule is CC1CCCCC1NCCSc1ccc(S(C)(=O)=O)cc1. The normalized spacial score (nSPS) is 23.1. The van der Waals surface area contributed by atoms with Crippen LogP contribution in [-0.4, -0.2) is 33.0 Å². The van der Waals surface area contributed by atoms with Crippen molar-refractivity contribution in [3.8, 4) is 0 Å². The highest BCUT2D eigenvalue weighted by molar-refractivity contribution is 7.99. The molecule has 3 nitrogen and oxygen atoms in total. The van der Waals surface area contributed by atoms with Crippen molar-refractivity contribution in [2.24, 2.45) is 5.92 Å². The van der Waals surface area contributed by atoms with Crippen molar-refractivity contribution in [2.75, 3.05) is 18.6 Å². The highest BCUT2D eigenvalue weighted by Gasteiger charge is 2.20. The molecule has 1 N–H and O–H groups in total. The molecule has 0 saturated heterocycles. The minimum absolute atomic E-state index is 0.390. The average molecular weight is 328 g/mol. The molecule has 1 aliphatic carbocycles. The van der Waals surface area contributed by atoms with E-state index in [0.29, 0.717) is 10.9 Å². The van der Waals surface area contributed by atoms with Crippen LogP contribution in [0.2, 0.25) is 0 Å². The molecule has 21 heavy (non-hydrogen) atoms. The molecule has 1 fully saturated rings. The predicted octanol–water partition coefficient (Wildman–Crippen LogP) is 3.35. The number of rotatable bonds is 6. The Morgan fingerprint density at radius 3 is 2.48 bits per heavy atom. The molecule has 5 heteroatoms. The molecule has 118 valence electrons. The van der Waals surface area contributed by atoms with Crippen LogP contribution in [-0.2, 0) is 9.84 Å². The summed E-state index contributed by atoms with van der Waals surface area (Å²) in [7, 11) is -3.09. The van der Waals surface area contributed by atoms with Crippen molar-refractivity contribution in [2.45, 2.75) is 48.4 Å². The van der Waals surface area contributed by atoms with Crippen molar-refractivity contribution in [3.05, 3.63) is 24.3 Å². The molecule has 2 unspecified atom stereocenters. The molecule has 1 saturated carbocycles. The molecular formula is C16H25NO2S2. The van der Waals surface area contributed by atoms with Gasteiger partial charge in [-0.2, -0.15) is 0 Å². The second kappa shape index (κ2) is 7.65. The van der Waals surface area contributed by atoms with Crippen LogP contribution < -0.4 is 5.32 Å². The fourth-order valence-electron chi connectivity index (χ4n) is 2.82. The Morgan fingerprint density at radius 2 is 1.86 bits per heavy atom. The smallest absolute Gasteiger partial charge is 0.175 e. The van der Waals surface area contributed by atoms with Crippen LogP contribution in [0.5, 0.6) is 0 Å². The van der Waals surface area contributed by atoms with Crippen LogP contribution in [0.3, 0.4) is 0 Å². The van der Waals surface area contributed by atoms with E-state index in [2.05, 4.69) is 12.2 Å². The lowest BCUT2D eigenvalue weighted by atomic mass is 9.86. The number of hydrogen-bond acceptors (Lipinski definition) is 4. The van der Waals surface area contributed by atoms with E-state index < -0.39 is 9.84 Å². The molecule has 1 aromatic carbocycles. The fraction of sp³-hybridized carbons (Fsp3) is 0.625. The summed E-state index contributed by atoms with van der Waals surface area (Å²) in [4.78, 5) is 1.52. The quantitative estimate of drug-likeness (QED) is 0.643. The predicted molar refractivity (Wildman–Crippen MR) is 89.7 cm³/mol. The van der Waals surface area contributed by atoms with Crippen LogP contribution >= 0.6 is 11.8 Å². The zero-order valence-corrected chi connectivity index (χ0v) is 14.5. The number of benzene rings is 1. The molecule has 0 heterocycles. The van der Waals surface area contributed by atoms with Gasteiger partial charge in [-0.15, -0.1) is 11.8 Å². The Balaban J connectivity index is 1.73. The molecular weight excluding hydrogens is 302 g/mol. The molecule has 1 aromatic rings. The summed E-state index contributed by atoms with van der Waals surface area (Å²) in [5, 5.41) is 3.66. The Labute approximate surface area is 132 Å². The molecule has 0 amide bonds. The minimum Gasteiger partial charge on any atom is -0.313 e.